The first-order valence-electron chi connectivity index (χ1n) is 5.96. The van der Waals surface area contributed by atoms with Gasteiger partial charge in [-0.2, -0.15) is 4.31 Å². The monoisotopic (exact) mass is 332 g/mol. The fourth-order valence-corrected chi connectivity index (χ4v) is 4.26. The maximum atomic E-state index is 12.5. The zero-order valence-corrected chi connectivity index (χ0v) is 12.7. The van der Waals surface area contributed by atoms with Gasteiger partial charge in [-0.05, 0) is 31.0 Å². The van der Waals surface area contributed by atoms with Gasteiger partial charge in [-0.25, -0.2) is 8.42 Å². The van der Waals surface area contributed by atoms with Gasteiger partial charge in [-0.15, -0.1) is 0 Å². The molecule has 0 radical (unpaired) electrons. The Morgan fingerprint density at radius 2 is 1.94 bits per heavy atom. The van der Waals surface area contributed by atoms with Crippen molar-refractivity contribution in [2.24, 2.45) is 0 Å². The van der Waals surface area contributed by atoms with Crippen LogP contribution in [0.4, 0.5) is 5.69 Å². The lowest BCUT2D eigenvalue weighted by atomic mass is 10.3. The Balaban J connectivity index is 2.35. The molecule has 100 valence electrons. The Labute approximate surface area is 116 Å². The van der Waals surface area contributed by atoms with E-state index in [9.17, 15) is 8.42 Å². The van der Waals surface area contributed by atoms with Crippen LogP contribution in [0.1, 0.15) is 25.7 Å². The third kappa shape index (κ3) is 2.55. The number of nitrogen functional groups attached to an aromatic ring is 1. The average molecular weight is 333 g/mol. The molecule has 18 heavy (non-hydrogen) atoms. The number of anilines is 1. The molecule has 1 aliphatic carbocycles. The topological polar surface area (TPSA) is 63.4 Å². The second-order valence-corrected chi connectivity index (χ2v) is 7.52. The standard InChI is InChI=1S/C12H17BrN2O2S/c1-15(10-4-2-3-5-10)18(16,17)12-7-6-9(13)8-11(12)14/h6-8,10H,2-5,14H2,1H3. The summed E-state index contributed by atoms with van der Waals surface area (Å²) in [6.45, 7) is 0. The largest absolute Gasteiger partial charge is 0.398 e. The van der Waals surface area contributed by atoms with Crippen molar-refractivity contribution >= 4 is 31.6 Å². The smallest absolute Gasteiger partial charge is 0.245 e. The summed E-state index contributed by atoms with van der Waals surface area (Å²) in [6.07, 6.45) is 4.07. The Morgan fingerprint density at radius 3 is 2.50 bits per heavy atom. The molecule has 1 aliphatic rings. The summed E-state index contributed by atoms with van der Waals surface area (Å²) < 4.78 is 27.2. The number of nitrogens with zero attached hydrogens (tertiary/aromatic N) is 1. The van der Waals surface area contributed by atoms with E-state index in [4.69, 9.17) is 5.73 Å². The third-order valence-electron chi connectivity index (χ3n) is 3.47. The molecule has 0 saturated heterocycles. The van der Waals surface area contributed by atoms with E-state index in [1.165, 1.54) is 4.31 Å². The molecule has 0 atom stereocenters. The molecule has 0 spiro atoms. The number of sulfonamides is 1. The van der Waals surface area contributed by atoms with Crippen LogP contribution < -0.4 is 5.73 Å². The van der Waals surface area contributed by atoms with Gasteiger partial charge in [0.25, 0.3) is 0 Å². The molecule has 1 saturated carbocycles. The fraction of sp³-hybridized carbons (Fsp3) is 0.500. The molecule has 2 N–H and O–H groups in total. The average Bonchev–Trinajstić information content (AvgIpc) is 2.80. The van der Waals surface area contributed by atoms with Crippen LogP contribution in [0.5, 0.6) is 0 Å². The van der Waals surface area contributed by atoms with Crippen molar-refractivity contribution in [3.05, 3.63) is 22.7 Å². The van der Waals surface area contributed by atoms with Gasteiger partial charge in [0.2, 0.25) is 10.0 Å². The van der Waals surface area contributed by atoms with E-state index >= 15 is 0 Å². The summed E-state index contributed by atoms with van der Waals surface area (Å²) in [5.74, 6) is 0. The first-order chi connectivity index (χ1) is 8.43. The maximum absolute atomic E-state index is 12.5. The zero-order valence-electron chi connectivity index (χ0n) is 10.3. The minimum absolute atomic E-state index is 0.109. The molecular formula is C12H17BrN2O2S. The molecule has 0 heterocycles. The molecule has 0 amide bonds. The Bertz CT molecular complexity index is 539. The zero-order chi connectivity index (χ0) is 13.3. The normalized spacial score (nSPS) is 17.5. The first kappa shape index (κ1) is 13.8. The van der Waals surface area contributed by atoms with E-state index < -0.39 is 10.0 Å². The Morgan fingerprint density at radius 1 is 1.33 bits per heavy atom. The summed E-state index contributed by atoms with van der Waals surface area (Å²) in [5.41, 5.74) is 6.09. The molecular weight excluding hydrogens is 316 g/mol. The van der Waals surface area contributed by atoms with Crippen LogP contribution in [0.2, 0.25) is 0 Å². The highest BCUT2D eigenvalue weighted by Gasteiger charge is 2.31. The molecule has 2 rings (SSSR count). The molecule has 0 aromatic heterocycles. The van der Waals surface area contributed by atoms with Crippen molar-refractivity contribution in [3.63, 3.8) is 0 Å². The van der Waals surface area contributed by atoms with Gasteiger partial charge in [0.1, 0.15) is 4.90 Å². The van der Waals surface area contributed by atoms with Crippen molar-refractivity contribution in [2.75, 3.05) is 12.8 Å². The molecule has 0 aliphatic heterocycles. The summed E-state index contributed by atoms with van der Waals surface area (Å²) >= 11 is 3.28. The maximum Gasteiger partial charge on any atom is 0.245 e. The second kappa shape index (κ2) is 5.19. The fourth-order valence-electron chi connectivity index (χ4n) is 2.37. The summed E-state index contributed by atoms with van der Waals surface area (Å²) in [7, 11) is -1.84. The second-order valence-electron chi connectivity index (χ2n) is 4.64. The molecule has 0 bridgehead atoms. The summed E-state index contributed by atoms with van der Waals surface area (Å²) in [6, 6.07) is 4.99. The number of halogens is 1. The van der Waals surface area contributed by atoms with Gasteiger partial charge in [0, 0.05) is 17.6 Å². The van der Waals surface area contributed by atoms with Crippen molar-refractivity contribution in [1.29, 1.82) is 0 Å². The van der Waals surface area contributed by atoms with Gasteiger partial charge in [0.15, 0.2) is 0 Å². The van der Waals surface area contributed by atoms with Gasteiger partial charge in [0.05, 0.1) is 5.69 Å². The predicted octanol–water partition coefficient (Wildman–Crippen LogP) is 2.59. The van der Waals surface area contributed by atoms with Gasteiger partial charge < -0.3 is 5.73 Å². The molecule has 6 heteroatoms. The van der Waals surface area contributed by atoms with Crippen LogP contribution in [0.25, 0.3) is 0 Å². The lowest BCUT2D eigenvalue weighted by Gasteiger charge is -2.24. The minimum atomic E-state index is -3.48. The van der Waals surface area contributed by atoms with Gasteiger partial charge >= 0.3 is 0 Å². The van der Waals surface area contributed by atoms with Gasteiger partial charge in [-0.3, -0.25) is 0 Å². The number of hydrogen-bond acceptors (Lipinski definition) is 3. The predicted molar refractivity (Wildman–Crippen MR) is 75.8 cm³/mol. The van der Waals surface area contributed by atoms with Crippen molar-refractivity contribution < 1.29 is 8.42 Å². The van der Waals surface area contributed by atoms with E-state index in [1.54, 1.807) is 25.2 Å². The van der Waals surface area contributed by atoms with Gasteiger partial charge in [-0.1, -0.05) is 28.8 Å². The molecule has 1 aromatic carbocycles. The van der Waals surface area contributed by atoms with Crippen molar-refractivity contribution in [2.45, 2.75) is 36.6 Å². The summed E-state index contributed by atoms with van der Waals surface area (Å²) in [4.78, 5) is 0.195. The number of hydrogen-bond donors (Lipinski definition) is 1. The summed E-state index contributed by atoms with van der Waals surface area (Å²) in [5, 5.41) is 0. The molecule has 1 aromatic rings. The lowest BCUT2D eigenvalue weighted by Crippen LogP contribution is -2.35. The number of rotatable bonds is 3. The van der Waals surface area contributed by atoms with Crippen molar-refractivity contribution in [3.8, 4) is 0 Å². The number of nitrogens with two attached hydrogens (primary N) is 1. The quantitative estimate of drug-likeness (QED) is 0.865. The van der Waals surface area contributed by atoms with Crippen LogP contribution in [0.15, 0.2) is 27.6 Å². The van der Waals surface area contributed by atoms with Crippen LogP contribution in [-0.4, -0.2) is 25.8 Å². The van der Waals surface area contributed by atoms with E-state index in [-0.39, 0.29) is 16.6 Å². The van der Waals surface area contributed by atoms with Crippen molar-refractivity contribution in [1.82, 2.24) is 4.31 Å². The lowest BCUT2D eigenvalue weighted by molar-refractivity contribution is 0.373. The van der Waals surface area contributed by atoms with Crippen LogP contribution in [-0.2, 0) is 10.0 Å². The highest BCUT2D eigenvalue weighted by Crippen LogP contribution is 2.30. The third-order valence-corrected chi connectivity index (χ3v) is 5.95. The van der Waals surface area contributed by atoms with Crippen LogP contribution in [0.3, 0.4) is 0 Å². The molecule has 1 fully saturated rings. The number of benzene rings is 1. The highest BCUT2D eigenvalue weighted by atomic mass is 79.9. The highest BCUT2D eigenvalue weighted by molar-refractivity contribution is 9.10. The van der Waals surface area contributed by atoms with Crippen LogP contribution >= 0.6 is 15.9 Å². The Kier molecular flexibility index (Phi) is 3.99. The Hall–Kier alpha value is -0.590. The van der Waals surface area contributed by atoms with E-state index in [0.29, 0.717) is 0 Å². The van der Waals surface area contributed by atoms with E-state index in [0.717, 1.165) is 30.2 Å². The molecule has 4 nitrogen and oxygen atoms in total. The van der Waals surface area contributed by atoms with E-state index in [2.05, 4.69) is 15.9 Å². The molecule has 0 unspecified atom stereocenters. The SMILES string of the molecule is CN(C1CCCC1)S(=O)(=O)c1ccc(Br)cc1N. The van der Waals surface area contributed by atoms with E-state index in [1.807, 2.05) is 0 Å². The minimum Gasteiger partial charge on any atom is -0.398 e. The van der Waals surface area contributed by atoms with Crippen LogP contribution in [0, 0.1) is 0 Å². The first-order valence-corrected chi connectivity index (χ1v) is 8.19.